The highest BCUT2D eigenvalue weighted by Gasteiger charge is 2.39. The van der Waals surface area contributed by atoms with E-state index >= 15 is 0 Å². The average Bonchev–Trinajstić information content (AvgIpc) is 3.77. The molecule has 1 saturated carbocycles. The lowest BCUT2D eigenvalue weighted by Gasteiger charge is -2.27. The number of anilines is 2. The van der Waals surface area contributed by atoms with Crippen LogP contribution in [0.2, 0.25) is 0 Å². The summed E-state index contributed by atoms with van der Waals surface area (Å²) in [5.74, 6) is 0.639. The predicted octanol–water partition coefficient (Wildman–Crippen LogP) is 3.46. The van der Waals surface area contributed by atoms with E-state index in [1.165, 1.54) is 0 Å². The summed E-state index contributed by atoms with van der Waals surface area (Å²) >= 11 is 0. The minimum absolute atomic E-state index is 0.116. The number of hydrogen-bond acceptors (Lipinski definition) is 8. The van der Waals surface area contributed by atoms with Gasteiger partial charge in [0.1, 0.15) is 23.4 Å². The van der Waals surface area contributed by atoms with Crippen molar-refractivity contribution in [3.63, 3.8) is 0 Å². The molecule has 39 heavy (non-hydrogen) atoms. The van der Waals surface area contributed by atoms with E-state index in [2.05, 4.69) is 20.3 Å². The summed E-state index contributed by atoms with van der Waals surface area (Å²) in [6.07, 6.45) is 12.8. The second kappa shape index (κ2) is 9.57. The first kappa shape index (κ1) is 24.0. The Labute approximate surface area is 225 Å². The van der Waals surface area contributed by atoms with Gasteiger partial charge in [-0.25, -0.2) is 9.50 Å². The van der Waals surface area contributed by atoms with Gasteiger partial charge in [0.15, 0.2) is 5.65 Å². The van der Waals surface area contributed by atoms with Crippen LogP contribution in [0.5, 0.6) is 0 Å². The minimum Gasteiger partial charge on any atom is -0.374 e. The fraction of sp³-hybridized carbons (Fsp3) is 0.429. The van der Waals surface area contributed by atoms with Crippen LogP contribution in [0.25, 0.3) is 17.0 Å². The molecule has 4 aromatic heterocycles. The number of morpholine rings is 1. The molecule has 3 aliphatic rings. The monoisotopic (exact) mass is 526 g/mol. The molecule has 0 radical (unpaired) electrons. The van der Waals surface area contributed by atoms with E-state index in [4.69, 9.17) is 14.8 Å². The van der Waals surface area contributed by atoms with Gasteiger partial charge >= 0.3 is 0 Å². The largest absolute Gasteiger partial charge is 0.374 e. The molecule has 1 aliphatic carbocycles. The first-order chi connectivity index (χ1) is 19.1. The number of pyridine rings is 1. The summed E-state index contributed by atoms with van der Waals surface area (Å²) in [4.78, 5) is 36.5. The molecule has 2 atom stereocenters. The Morgan fingerprint density at radius 2 is 2.00 bits per heavy atom. The van der Waals surface area contributed by atoms with E-state index in [-0.39, 0.29) is 24.0 Å². The van der Waals surface area contributed by atoms with Crippen molar-refractivity contribution in [2.24, 2.45) is 5.92 Å². The molecule has 0 unspecified atom stereocenters. The summed E-state index contributed by atoms with van der Waals surface area (Å²) in [5, 5.41) is 12.3. The van der Waals surface area contributed by atoms with Crippen LogP contribution in [0.3, 0.4) is 0 Å². The van der Waals surface area contributed by atoms with Gasteiger partial charge in [-0.15, -0.1) is 0 Å². The molecule has 0 aromatic carbocycles. The molecule has 200 valence electrons. The van der Waals surface area contributed by atoms with Crippen molar-refractivity contribution < 1.29 is 14.3 Å². The van der Waals surface area contributed by atoms with Crippen molar-refractivity contribution >= 4 is 29.3 Å². The Morgan fingerprint density at radius 3 is 2.72 bits per heavy atom. The summed E-state index contributed by atoms with van der Waals surface area (Å²) in [6, 6.07) is 6.32. The number of aryl methyl sites for hydroxylation is 1. The van der Waals surface area contributed by atoms with Gasteiger partial charge < -0.3 is 19.7 Å². The van der Waals surface area contributed by atoms with Crippen molar-refractivity contribution in [3.05, 3.63) is 54.1 Å². The number of aromatic nitrogens is 6. The molecule has 4 aromatic rings. The maximum atomic E-state index is 13.6. The Hall–Kier alpha value is -4.12. The van der Waals surface area contributed by atoms with Crippen molar-refractivity contribution in [1.82, 2.24) is 29.4 Å². The average molecular weight is 527 g/mol. The number of carbonyl (C=O) groups excluding carboxylic acids is 2. The second-order valence-corrected chi connectivity index (χ2v) is 10.9. The third-order valence-electron chi connectivity index (χ3n) is 8.24. The zero-order valence-electron chi connectivity index (χ0n) is 21.7. The number of aldehydes is 1. The molecule has 7 rings (SSSR count). The van der Waals surface area contributed by atoms with Crippen LogP contribution >= 0.6 is 0 Å². The Balaban J connectivity index is 1.19. The van der Waals surface area contributed by atoms with E-state index in [0.717, 1.165) is 56.3 Å². The zero-order valence-corrected chi connectivity index (χ0v) is 21.7. The van der Waals surface area contributed by atoms with Gasteiger partial charge in [0.05, 0.1) is 42.4 Å². The van der Waals surface area contributed by atoms with Gasteiger partial charge in [0.2, 0.25) is 0 Å². The van der Waals surface area contributed by atoms with Crippen LogP contribution in [0.1, 0.15) is 54.1 Å². The van der Waals surface area contributed by atoms with E-state index in [1.807, 2.05) is 42.2 Å². The summed E-state index contributed by atoms with van der Waals surface area (Å²) in [7, 11) is 0. The van der Waals surface area contributed by atoms with E-state index in [9.17, 15) is 9.59 Å². The molecular formula is C28H30N8O3. The van der Waals surface area contributed by atoms with Gasteiger partial charge in [-0.05, 0) is 56.7 Å². The highest BCUT2D eigenvalue weighted by atomic mass is 16.5. The fourth-order valence-electron chi connectivity index (χ4n) is 6.02. The third kappa shape index (κ3) is 4.36. The van der Waals surface area contributed by atoms with Gasteiger partial charge in [0.25, 0.3) is 5.91 Å². The molecule has 11 heteroatoms. The van der Waals surface area contributed by atoms with Crippen LogP contribution in [-0.2, 0) is 9.53 Å². The number of amides is 1. The first-order valence-electron chi connectivity index (χ1n) is 13.6. The minimum atomic E-state index is -0.307. The molecule has 2 aliphatic heterocycles. The number of ether oxygens (including phenoxy) is 1. The zero-order chi connectivity index (χ0) is 26.5. The van der Waals surface area contributed by atoms with E-state index in [0.29, 0.717) is 40.9 Å². The molecular weight excluding hydrogens is 496 g/mol. The molecule has 2 bridgehead atoms. The van der Waals surface area contributed by atoms with Gasteiger partial charge in [0, 0.05) is 31.1 Å². The third-order valence-corrected chi connectivity index (χ3v) is 8.24. The molecule has 1 amide bonds. The number of hydrogen-bond donors (Lipinski definition) is 1. The summed E-state index contributed by atoms with van der Waals surface area (Å²) in [5.41, 5.74) is 3.81. The smallest absolute Gasteiger partial charge is 0.261 e. The van der Waals surface area contributed by atoms with Crippen LogP contribution in [0.15, 0.2) is 43.0 Å². The summed E-state index contributed by atoms with van der Waals surface area (Å²) in [6.45, 7) is 3.50. The van der Waals surface area contributed by atoms with Crippen molar-refractivity contribution in [2.75, 3.05) is 23.4 Å². The number of carbonyl (C=O) groups is 2. The lowest BCUT2D eigenvalue weighted by Crippen LogP contribution is -2.37. The van der Waals surface area contributed by atoms with Crippen LogP contribution < -0.4 is 10.2 Å². The van der Waals surface area contributed by atoms with Gasteiger partial charge in [-0.2, -0.15) is 10.2 Å². The highest BCUT2D eigenvalue weighted by Crippen LogP contribution is 2.35. The Kier molecular flexibility index (Phi) is 5.88. The standard InChI is InChI=1S/C28H30N8O3/c1-17-2-7-23(29-11-17)26-24(14-36(33-26)19-5-3-18(15-37)4-6-19)31-28(38)22-12-30-35-9-8-25(32-27(22)35)34-13-21-10-20(34)16-39-21/h2,7-9,11-12,14-15,18-21H,3-6,10,13,16H2,1H3,(H,31,38)/t18?,19?,20-,21-/m1/s1. The molecule has 3 fully saturated rings. The van der Waals surface area contributed by atoms with Crippen LogP contribution in [0.4, 0.5) is 11.5 Å². The maximum absolute atomic E-state index is 13.6. The number of nitrogens with one attached hydrogen (secondary N) is 1. The number of nitrogens with zero attached hydrogens (tertiary/aromatic N) is 7. The molecule has 0 spiro atoms. The molecule has 11 nitrogen and oxygen atoms in total. The van der Waals surface area contributed by atoms with Crippen LogP contribution in [0, 0.1) is 12.8 Å². The SMILES string of the molecule is Cc1ccc(-c2nn(C3CCC(C=O)CC3)cc2NC(=O)c2cnn3ccc(N4C[C@H]5C[C@@H]4CO5)nc23)nc1. The molecule has 6 heterocycles. The van der Waals surface area contributed by atoms with Gasteiger partial charge in [-0.1, -0.05) is 6.07 Å². The molecule has 1 N–H and O–H groups in total. The van der Waals surface area contributed by atoms with Crippen molar-refractivity contribution in [1.29, 1.82) is 0 Å². The first-order valence-corrected chi connectivity index (χ1v) is 13.6. The quantitative estimate of drug-likeness (QED) is 0.380. The number of rotatable bonds is 6. The highest BCUT2D eigenvalue weighted by molar-refractivity contribution is 6.09. The van der Waals surface area contributed by atoms with E-state index in [1.54, 1.807) is 16.9 Å². The fourth-order valence-corrected chi connectivity index (χ4v) is 6.02. The maximum Gasteiger partial charge on any atom is 0.261 e. The normalized spacial score (nSPS) is 24.4. The Bertz CT molecular complexity index is 1540. The topological polar surface area (TPSA) is 120 Å². The van der Waals surface area contributed by atoms with Gasteiger partial charge in [-0.3, -0.25) is 14.5 Å². The lowest BCUT2D eigenvalue weighted by atomic mass is 9.87. The van der Waals surface area contributed by atoms with Crippen molar-refractivity contribution in [3.8, 4) is 11.4 Å². The molecule has 2 saturated heterocycles. The summed E-state index contributed by atoms with van der Waals surface area (Å²) < 4.78 is 9.28. The Morgan fingerprint density at radius 1 is 1.13 bits per heavy atom. The lowest BCUT2D eigenvalue weighted by molar-refractivity contribution is -0.112. The van der Waals surface area contributed by atoms with Crippen molar-refractivity contribution in [2.45, 2.75) is 57.2 Å². The van der Waals surface area contributed by atoms with Crippen LogP contribution in [-0.4, -0.2) is 66.9 Å². The second-order valence-electron chi connectivity index (χ2n) is 10.9. The van der Waals surface area contributed by atoms with E-state index < -0.39 is 0 Å². The number of fused-ring (bicyclic) bond motifs is 3. The predicted molar refractivity (Wildman–Crippen MR) is 144 cm³/mol.